The fourth-order valence-corrected chi connectivity index (χ4v) is 3.80. The van der Waals surface area contributed by atoms with Gasteiger partial charge in [-0.15, -0.1) is 10.2 Å². The lowest BCUT2D eigenvalue weighted by Crippen LogP contribution is -2.55. The van der Waals surface area contributed by atoms with Gasteiger partial charge in [-0.05, 0) is 37.0 Å². The molecular formula is C19H19ClFN5. The molecule has 1 saturated heterocycles. The largest absolute Gasteiger partial charge is 0.376 e. The number of pyridine rings is 1. The summed E-state index contributed by atoms with van der Waals surface area (Å²) in [4.78, 5) is 2.18. The van der Waals surface area contributed by atoms with Crippen molar-refractivity contribution < 1.29 is 4.39 Å². The van der Waals surface area contributed by atoms with Crippen molar-refractivity contribution in [2.24, 2.45) is 5.92 Å². The molecule has 5 rings (SSSR count). The number of para-hydroxylation sites is 1. The number of benzene rings is 1. The van der Waals surface area contributed by atoms with Crippen molar-refractivity contribution in [3.05, 3.63) is 53.2 Å². The van der Waals surface area contributed by atoms with Gasteiger partial charge in [-0.2, -0.15) is 0 Å². The van der Waals surface area contributed by atoms with E-state index < -0.39 is 0 Å². The summed E-state index contributed by atoms with van der Waals surface area (Å²) in [5.41, 5.74) is 2.21. The molecule has 0 atom stereocenters. The van der Waals surface area contributed by atoms with E-state index in [-0.39, 0.29) is 11.9 Å². The molecule has 134 valence electrons. The first-order valence-corrected chi connectivity index (χ1v) is 9.35. The van der Waals surface area contributed by atoms with E-state index in [1.54, 1.807) is 12.1 Å². The van der Waals surface area contributed by atoms with Gasteiger partial charge in [-0.1, -0.05) is 23.7 Å². The van der Waals surface area contributed by atoms with Crippen molar-refractivity contribution in [3.8, 4) is 0 Å². The van der Waals surface area contributed by atoms with Crippen LogP contribution < -0.4 is 10.2 Å². The Labute approximate surface area is 155 Å². The summed E-state index contributed by atoms with van der Waals surface area (Å²) in [5.74, 6) is 1.51. The summed E-state index contributed by atoms with van der Waals surface area (Å²) in [7, 11) is 0. The minimum atomic E-state index is -0.225. The van der Waals surface area contributed by atoms with Crippen LogP contribution in [0.1, 0.15) is 18.7 Å². The lowest BCUT2D eigenvalue weighted by atomic mass is 10.1. The zero-order chi connectivity index (χ0) is 17.7. The average Bonchev–Trinajstić information content (AvgIpc) is 3.32. The number of nitrogens with one attached hydrogen (secondary N) is 1. The van der Waals surface area contributed by atoms with E-state index in [2.05, 4.69) is 20.4 Å². The monoisotopic (exact) mass is 371 g/mol. The number of anilines is 2. The fourth-order valence-electron chi connectivity index (χ4n) is 3.49. The highest BCUT2D eigenvalue weighted by Crippen LogP contribution is 2.35. The number of hydrogen-bond acceptors (Lipinski definition) is 4. The first-order chi connectivity index (χ1) is 12.7. The number of rotatable bonds is 5. The maximum absolute atomic E-state index is 13.8. The van der Waals surface area contributed by atoms with Gasteiger partial charge in [0.2, 0.25) is 0 Å². The van der Waals surface area contributed by atoms with Crippen LogP contribution in [0.4, 0.5) is 15.8 Å². The Kier molecular flexibility index (Phi) is 3.74. The smallest absolute Gasteiger partial charge is 0.181 e. The van der Waals surface area contributed by atoms with E-state index in [9.17, 15) is 4.39 Å². The number of halogens is 2. The van der Waals surface area contributed by atoms with Gasteiger partial charge in [0.25, 0.3) is 0 Å². The summed E-state index contributed by atoms with van der Waals surface area (Å²) in [6, 6.07) is 8.97. The summed E-state index contributed by atoms with van der Waals surface area (Å²) < 4.78 is 15.8. The molecule has 1 aromatic carbocycles. The van der Waals surface area contributed by atoms with Gasteiger partial charge >= 0.3 is 0 Å². The molecule has 0 spiro atoms. The van der Waals surface area contributed by atoms with Gasteiger partial charge in [0.1, 0.15) is 16.7 Å². The average molecular weight is 372 g/mol. The van der Waals surface area contributed by atoms with Crippen LogP contribution in [-0.2, 0) is 6.42 Å². The summed E-state index contributed by atoms with van der Waals surface area (Å²) in [5, 5.41) is 12.5. The highest BCUT2D eigenvalue weighted by molar-refractivity contribution is 6.36. The van der Waals surface area contributed by atoms with Crippen molar-refractivity contribution in [2.45, 2.75) is 25.3 Å². The van der Waals surface area contributed by atoms with Crippen LogP contribution in [0.2, 0.25) is 5.02 Å². The minimum absolute atomic E-state index is 0.197. The number of fused-ring (bicyclic) bond motifs is 1. The predicted octanol–water partition coefficient (Wildman–Crippen LogP) is 3.78. The third-order valence-corrected chi connectivity index (χ3v) is 5.56. The normalized spacial score (nSPS) is 17.5. The SMILES string of the molecule is Fc1ccccc1NC1CN(c2ccn3c(CC4CC4)nnc3c2Cl)C1. The summed E-state index contributed by atoms with van der Waals surface area (Å²) in [6.45, 7) is 1.54. The van der Waals surface area contributed by atoms with Crippen LogP contribution in [0.5, 0.6) is 0 Å². The molecule has 1 N–H and O–H groups in total. The molecule has 0 radical (unpaired) electrons. The summed E-state index contributed by atoms with van der Waals surface area (Å²) in [6.07, 6.45) is 5.54. The maximum Gasteiger partial charge on any atom is 0.181 e. The molecule has 0 unspecified atom stereocenters. The molecular weight excluding hydrogens is 353 g/mol. The Hall–Kier alpha value is -2.34. The van der Waals surface area contributed by atoms with E-state index >= 15 is 0 Å². The molecule has 1 aliphatic heterocycles. The molecule has 0 amide bonds. The van der Waals surface area contributed by atoms with Crippen LogP contribution in [0, 0.1) is 11.7 Å². The van der Waals surface area contributed by atoms with Crippen LogP contribution >= 0.6 is 11.6 Å². The van der Waals surface area contributed by atoms with E-state index in [0.717, 1.165) is 36.9 Å². The Morgan fingerprint density at radius 2 is 1.96 bits per heavy atom. The Bertz CT molecular complexity index is 962. The Morgan fingerprint density at radius 3 is 2.73 bits per heavy atom. The quantitative estimate of drug-likeness (QED) is 0.741. The summed E-state index contributed by atoms with van der Waals surface area (Å²) >= 11 is 6.60. The van der Waals surface area contributed by atoms with E-state index in [1.807, 2.05) is 22.7 Å². The molecule has 5 nitrogen and oxygen atoms in total. The molecule has 7 heteroatoms. The second-order valence-electron chi connectivity index (χ2n) is 7.20. The van der Waals surface area contributed by atoms with Gasteiger partial charge in [0.15, 0.2) is 5.65 Å². The molecule has 1 saturated carbocycles. The van der Waals surface area contributed by atoms with Gasteiger partial charge < -0.3 is 10.2 Å². The fraction of sp³-hybridized carbons (Fsp3) is 0.368. The first-order valence-electron chi connectivity index (χ1n) is 8.97. The van der Waals surface area contributed by atoms with Crippen molar-refractivity contribution >= 4 is 28.6 Å². The van der Waals surface area contributed by atoms with Crippen molar-refractivity contribution in [2.75, 3.05) is 23.3 Å². The van der Waals surface area contributed by atoms with Crippen LogP contribution in [0.15, 0.2) is 36.5 Å². The minimum Gasteiger partial charge on any atom is -0.376 e. The highest BCUT2D eigenvalue weighted by Gasteiger charge is 2.30. The zero-order valence-corrected chi connectivity index (χ0v) is 15.0. The predicted molar refractivity (Wildman–Crippen MR) is 100 cm³/mol. The van der Waals surface area contributed by atoms with Gasteiger partial charge in [0, 0.05) is 25.7 Å². The Morgan fingerprint density at radius 1 is 1.15 bits per heavy atom. The van der Waals surface area contributed by atoms with E-state index in [4.69, 9.17) is 11.6 Å². The van der Waals surface area contributed by atoms with Crippen LogP contribution in [-0.4, -0.2) is 33.7 Å². The van der Waals surface area contributed by atoms with Crippen molar-refractivity contribution in [1.82, 2.24) is 14.6 Å². The van der Waals surface area contributed by atoms with Gasteiger partial charge in [-0.25, -0.2) is 4.39 Å². The molecule has 3 aromatic rings. The maximum atomic E-state index is 13.8. The molecule has 2 fully saturated rings. The lowest BCUT2D eigenvalue weighted by Gasteiger charge is -2.42. The molecule has 0 bridgehead atoms. The molecule has 1 aliphatic carbocycles. The van der Waals surface area contributed by atoms with Crippen LogP contribution in [0.25, 0.3) is 5.65 Å². The Balaban J connectivity index is 1.31. The van der Waals surface area contributed by atoms with Gasteiger partial charge in [-0.3, -0.25) is 4.40 Å². The molecule has 3 heterocycles. The second kappa shape index (κ2) is 6.13. The molecule has 2 aromatic heterocycles. The van der Waals surface area contributed by atoms with E-state index in [1.165, 1.54) is 18.9 Å². The molecule has 26 heavy (non-hydrogen) atoms. The van der Waals surface area contributed by atoms with Crippen LogP contribution in [0.3, 0.4) is 0 Å². The number of nitrogens with zero attached hydrogens (tertiary/aromatic N) is 4. The van der Waals surface area contributed by atoms with E-state index in [0.29, 0.717) is 16.4 Å². The zero-order valence-electron chi connectivity index (χ0n) is 14.2. The van der Waals surface area contributed by atoms with Crippen molar-refractivity contribution in [1.29, 1.82) is 0 Å². The van der Waals surface area contributed by atoms with Gasteiger partial charge in [0.05, 0.1) is 17.4 Å². The lowest BCUT2D eigenvalue weighted by molar-refractivity contribution is 0.543. The standard InChI is InChI=1S/C19H19ClFN5/c20-18-16(7-8-26-17(9-12-5-6-12)23-24-19(18)26)25-10-13(11-25)22-15-4-2-1-3-14(15)21/h1-4,7-8,12-13,22H,5-6,9-11H2. The second-order valence-corrected chi connectivity index (χ2v) is 7.58. The topological polar surface area (TPSA) is 45.5 Å². The first kappa shape index (κ1) is 15.9. The highest BCUT2D eigenvalue weighted by atomic mass is 35.5. The third-order valence-electron chi connectivity index (χ3n) is 5.19. The number of aromatic nitrogens is 3. The third kappa shape index (κ3) is 2.78. The number of hydrogen-bond donors (Lipinski definition) is 1. The molecule has 2 aliphatic rings. The van der Waals surface area contributed by atoms with Crippen molar-refractivity contribution in [3.63, 3.8) is 0 Å².